The third-order valence-electron chi connectivity index (χ3n) is 2.15. The van der Waals surface area contributed by atoms with E-state index < -0.39 is 5.97 Å². The summed E-state index contributed by atoms with van der Waals surface area (Å²) >= 11 is 5.86. The lowest BCUT2D eigenvalue weighted by atomic mass is 9.96. The van der Waals surface area contributed by atoms with Crippen molar-refractivity contribution in [2.45, 2.75) is 20.3 Å². The van der Waals surface area contributed by atoms with Gasteiger partial charge in [0, 0.05) is 0 Å². The van der Waals surface area contributed by atoms with Crippen molar-refractivity contribution >= 4 is 23.3 Å². The van der Waals surface area contributed by atoms with Crippen LogP contribution in [0.4, 0.5) is 5.69 Å². The molecule has 0 aliphatic rings. The lowest BCUT2D eigenvalue weighted by Crippen LogP contribution is -2.09. The van der Waals surface area contributed by atoms with Crippen molar-refractivity contribution in [3.8, 4) is 0 Å². The first kappa shape index (κ1) is 11.9. The molecule has 0 spiro atoms. The second-order valence-corrected chi connectivity index (χ2v) is 4.30. The van der Waals surface area contributed by atoms with Gasteiger partial charge in [0.1, 0.15) is 0 Å². The molecule has 82 valence electrons. The number of halogens is 1. The van der Waals surface area contributed by atoms with E-state index in [9.17, 15) is 4.79 Å². The Hall–Kier alpha value is -1.22. The number of anilines is 1. The molecule has 0 amide bonds. The molecule has 0 heterocycles. The van der Waals surface area contributed by atoms with Crippen molar-refractivity contribution in [3.05, 3.63) is 28.3 Å². The van der Waals surface area contributed by atoms with Crippen molar-refractivity contribution in [1.82, 2.24) is 0 Å². The Morgan fingerprint density at radius 2 is 2.13 bits per heavy atom. The van der Waals surface area contributed by atoms with Crippen molar-refractivity contribution in [2.75, 3.05) is 5.73 Å². The summed E-state index contributed by atoms with van der Waals surface area (Å²) in [6.07, 6.45) is 0.619. The van der Waals surface area contributed by atoms with Gasteiger partial charge in [0.25, 0.3) is 0 Å². The van der Waals surface area contributed by atoms with Crippen LogP contribution in [-0.2, 0) is 6.42 Å². The van der Waals surface area contributed by atoms with Gasteiger partial charge in [-0.2, -0.15) is 0 Å². The van der Waals surface area contributed by atoms with Crippen LogP contribution in [0.15, 0.2) is 12.1 Å². The normalized spacial score (nSPS) is 10.7. The van der Waals surface area contributed by atoms with Gasteiger partial charge in [-0.1, -0.05) is 25.4 Å². The van der Waals surface area contributed by atoms with E-state index in [1.165, 1.54) is 12.1 Å². The van der Waals surface area contributed by atoms with Crippen molar-refractivity contribution < 1.29 is 9.90 Å². The lowest BCUT2D eigenvalue weighted by molar-refractivity contribution is 0.0695. The van der Waals surface area contributed by atoms with E-state index in [-0.39, 0.29) is 5.56 Å². The van der Waals surface area contributed by atoms with Gasteiger partial charge >= 0.3 is 5.97 Å². The van der Waals surface area contributed by atoms with Crippen LogP contribution in [0.1, 0.15) is 29.8 Å². The number of nitrogens with two attached hydrogens (primary N) is 1. The zero-order valence-corrected chi connectivity index (χ0v) is 9.51. The molecule has 1 aromatic rings. The zero-order chi connectivity index (χ0) is 11.6. The molecule has 0 aromatic heterocycles. The fourth-order valence-electron chi connectivity index (χ4n) is 1.46. The zero-order valence-electron chi connectivity index (χ0n) is 8.75. The van der Waals surface area contributed by atoms with Gasteiger partial charge in [0.05, 0.1) is 16.3 Å². The molecular weight excluding hydrogens is 214 g/mol. The largest absolute Gasteiger partial charge is 0.478 e. The minimum Gasteiger partial charge on any atom is -0.478 e. The molecule has 0 atom stereocenters. The molecule has 0 unspecified atom stereocenters. The Morgan fingerprint density at radius 3 is 2.60 bits per heavy atom. The molecule has 15 heavy (non-hydrogen) atoms. The number of rotatable bonds is 3. The molecule has 0 saturated heterocycles. The quantitative estimate of drug-likeness (QED) is 0.781. The molecule has 1 rings (SSSR count). The van der Waals surface area contributed by atoms with E-state index in [0.717, 1.165) is 0 Å². The minimum atomic E-state index is -0.964. The number of carboxylic acids is 1. The topological polar surface area (TPSA) is 63.3 Å². The van der Waals surface area contributed by atoms with Crippen LogP contribution >= 0.6 is 11.6 Å². The van der Waals surface area contributed by atoms with E-state index in [2.05, 4.69) is 0 Å². The highest BCUT2D eigenvalue weighted by molar-refractivity contribution is 6.33. The monoisotopic (exact) mass is 227 g/mol. The van der Waals surface area contributed by atoms with Gasteiger partial charge < -0.3 is 10.8 Å². The van der Waals surface area contributed by atoms with Gasteiger partial charge in [-0.15, -0.1) is 0 Å². The molecule has 0 radical (unpaired) electrons. The number of hydrogen-bond acceptors (Lipinski definition) is 2. The number of carbonyl (C=O) groups is 1. The Labute approximate surface area is 93.9 Å². The smallest absolute Gasteiger partial charge is 0.336 e. The van der Waals surface area contributed by atoms with E-state index in [1.807, 2.05) is 13.8 Å². The molecule has 1 aromatic carbocycles. The average Bonchev–Trinajstić information content (AvgIpc) is 2.12. The van der Waals surface area contributed by atoms with E-state index in [1.54, 1.807) is 0 Å². The first-order chi connectivity index (χ1) is 6.93. The lowest BCUT2D eigenvalue weighted by Gasteiger charge is -2.12. The highest BCUT2D eigenvalue weighted by atomic mass is 35.5. The molecule has 3 N–H and O–H groups in total. The van der Waals surface area contributed by atoms with Crippen LogP contribution < -0.4 is 5.73 Å². The molecule has 4 heteroatoms. The minimum absolute atomic E-state index is 0.241. The molecule has 0 saturated carbocycles. The van der Waals surface area contributed by atoms with Gasteiger partial charge in [0.15, 0.2) is 0 Å². The highest BCUT2D eigenvalue weighted by Crippen LogP contribution is 2.28. The number of benzene rings is 1. The summed E-state index contributed by atoms with van der Waals surface area (Å²) in [4.78, 5) is 11.0. The third kappa shape index (κ3) is 2.63. The second-order valence-electron chi connectivity index (χ2n) is 3.89. The molecule has 0 bridgehead atoms. The summed E-state index contributed by atoms with van der Waals surface area (Å²) in [6.45, 7) is 4.01. The third-order valence-corrected chi connectivity index (χ3v) is 2.48. The first-order valence-corrected chi connectivity index (χ1v) is 5.11. The summed E-state index contributed by atoms with van der Waals surface area (Å²) in [5, 5.41) is 9.41. The number of hydrogen-bond donors (Lipinski definition) is 2. The summed E-state index contributed by atoms with van der Waals surface area (Å²) < 4.78 is 0. The van der Waals surface area contributed by atoms with Crippen LogP contribution in [0.3, 0.4) is 0 Å². The van der Waals surface area contributed by atoms with Crippen LogP contribution in [0.5, 0.6) is 0 Å². The molecule has 3 nitrogen and oxygen atoms in total. The van der Waals surface area contributed by atoms with Crippen LogP contribution in [0, 0.1) is 5.92 Å². The molecule has 0 aliphatic carbocycles. The Bertz CT molecular complexity index is 388. The van der Waals surface area contributed by atoms with Crippen molar-refractivity contribution in [3.63, 3.8) is 0 Å². The molecular formula is C11H14ClNO2. The standard InChI is InChI=1S/C11H14ClNO2/c1-6(2)5-8-7(11(14)15)3-4-9(12)10(8)13/h3-4,6H,5,13H2,1-2H3,(H,14,15). The van der Waals surface area contributed by atoms with Crippen LogP contribution in [0.2, 0.25) is 5.02 Å². The number of carboxylic acid groups (broad SMARTS) is 1. The van der Waals surface area contributed by atoms with Gasteiger partial charge in [-0.3, -0.25) is 0 Å². The average molecular weight is 228 g/mol. The molecule has 0 aliphatic heterocycles. The Morgan fingerprint density at radius 1 is 1.53 bits per heavy atom. The van der Waals surface area contributed by atoms with Gasteiger partial charge in [-0.25, -0.2) is 4.79 Å². The van der Waals surface area contributed by atoms with Crippen LogP contribution in [-0.4, -0.2) is 11.1 Å². The molecule has 0 fully saturated rings. The Balaban J connectivity index is 3.28. The highest BCUT2D eigenvalue weighted by Gasteiger charge is 2.15. The van der Waals surface area contributed by atoms with Crippen LogP contribution in [0.25, 0.3) is 0 Å². The fourth-order valence-corrected chi connectivity index (χ4v) is 1.64. The second kappa shape index (κ2) is 4.53. The predicted molar refractivity (Wildman–Crippen MR) is 61.4 cm³/mol. The van der Waals surface area contributed by atoms with E-state index in [0.29, 0.717) is 28.6 Å². The summed E-state index contributed by atoms with van der Waals surface area (Å²) in [5.74, 6) is -0.627. The van der Waals surface area contributed by atoms with Crippen molar-refractivity contribution in [1.29, 1.82) is 0 Å². The van der Waals surface area contributed by atoms with Crippen molar-refractivity contribution in [2.24, 2.45) is 5.92 Å². The maximum Gasteiger partial charge on any atom is 0.336 e. The van der Waals surface area contributed by atoms with E-state index >= 15 is 0 Å². The number of nitrogen functional groups attached to an aromatic ring is 1. The summed E-state index contributed by atoms with van der Waals surface area (Å²) in [7, 11) is 0. The predicted octanol–water partition coefficient (Wildman–Crippen LogP) is 2.82. The summed E-state index contributed by atoms with van der Waals surface area (Å²) in [5.41, 5.74) is 7.03. The maximum atomic E-state index is 11.0. The van der Waals surface area contributed by atoms with Gasteiger partial charge in [-0.05, 0) is 30.0 Å². The Kier molecular flexibility index (Phi) is 3.58. The summed E-state index contributed by atoms with van der Waals surface area (Å²) in [6, 6.07) is 3.02. The maximum absolute atomic E-state index is 11.0. The fraction of sp³-hybridized carbons (Fsp3) is 0.364. The number of aromatic carboxylic acids is 1. The first-order valence-electron chi connectivity index (χ1n) is 4.73. The van der Waals surface area contributed by atoms with E-state index in [4.69, 9.17) is 22.4 Å². The SMILES string of the molecule is CC(C)Cc1c(C(=O)O)ccc(Cl)c1N. The van der Waals surface area contributed by atoms with Gasteiger partial charge in [0.2, 0.25) is 0 Å².